The van der Waals surface area contributed by atoms with Crippen molar-refractivity contribution in [3.8, 4) is 5.75 Å². The van der Waals surface area contributed by atoms with E-state index >= 15 is 0 Å². The van der Waals surface area contributed by atoms with Crippen LogP contribution < -0.4 is 14.4 Å². The monoisotopic (exact) mass is 619 g/mol. The molecule has 8 nitrogen and oxygen atoms in total. The average Bonchev–Trinajstić information content (AvgIpc) is 2.87. The number of rotatable bonds is 14. The third-order valence-electron chi connectivity index (χ3n) is 6.30. The lowest BCUT2D eigenvalue weighted by molar-refractivity contribution is -0.141. The van der Waals surface area contributed by atoms with Gasteiger partial charge in [0.05, 0.1) is 34.1 Å². The first kappa shape index (κ1) is 33.0. The van der Waals surface area contributed by atoms with Crippen LogP contribution in [-0.2, 0) is 26.2 Å². The minimum atomic E-state index is -3.66. The zero-order valence-electron chi connectivity index (χ0n) is 22.8. The highest BCUT2D eigenvalue weighted by molar-refractivity contribution is 7.92. The molecule has 0 spiro atoms. The fourth-order valence-electron chi connectivity index (χ4n) is 4.01. The Morgan fingerprint density at radius 1 is 1.00 bits per heavy atom. The molecule has 12 heteroatoms. The number of halogens is 3. The van der Waals surface area contributed by atoms with Gasteiger partial charge in [0.15, 0.2) is 0 Å². The number of nitrogens with zero attached hydrogens (tertiary/aromatic N) is 2. The van der Waals surface area contributed by atoms with E-state index in [1.807, 2.05) is 20.8 Å². The normalized spacial score (nSPS) is 12.9. The second-order valence-corrected chi connectivity index (χ2v) is 12.4. The van der Waals surface area contributed by atoms with Gasteiger partial charge in [-0.15, -0.1) is 0 Å². The van der Waals surface area contributed by atoms with Crippen molar-refractivity contribution < 1.29 is 22.7 Å². The SMILES string of the molecule is CC[C@@H](C)NC(=O)[C@@H](CC)N(Cc1ccc(Cl)c(Cl)c1)C(=O)CCCN(c1ccc(OC)c(Cl)c1)S(C)(=O)=O. The molecule has 0 aliphatic heterocycles. The first-order chi connectivity index (χ1) is 18.3. The molecule has 0 bridgehead atoms. The van der Waals surface area contributed by atoms with Crippen molar-refractivity contribution in [1.29, 1.82) is 0 Å². The van der Waals surface area contributed by atoms with Crippen LogP contribution in [0.3, 0.4) is 0 Å². The number of ether oxygens (including phenoxy) is 1. The Hall–Kier alpha value is -2.20. The summed E-state index contributed by atoms with van der Waals surface area (Å²) in [7, 11) is -2.19. The Morgan fingerprint density at radius 2 is 1.69 bits per heavy atom. The van der Waals surface area contributed by atoms with E-state index in [1.54, 1.807) is 30.3 Å². The Labute approximate surface area is 246 Å². The Kier molecular flexibility index (Phi) is 12.7. The molecule has 0 radical (unpaired) electrons. The van der Waals surface area contributed by atoms with E-state index in [1.165, 1.54) is 22.4 Å². The highest BCUT2D eigenvalue weighted by Gasteiger charge is 2.29. The molecule has 0 heterocycles. The van der Waals surface area contributed by atoms with E-state index in [2.05, 4.69) is 5.32 Å². The lowest BCUT2D eigenvalue weighted by atomic mass is 10.1. The molecule has 1 N–H and O–H groups in total. The number of methoxy groups -OCH3 is 1. The molecule has 2 aromatic carbocycles. The van der Waals surface area contributed by atoms with Gasteiger partial charge < -0.3 is 15.0 Å². The average molecular weight is 621 g/mol. The molecule has 0 fully saturated rings. The van der Waals surface area contributed by atoms with E-state index in [0.717, 1.165) is 18.2 Å². The van der Waals surface area contributed by atoms with Crippen LogP contribution in [0.5, 0.6) is 5.75 Å². The standard InChI is InChI=1S/C27H36Cl3N3O5S/c1-6-18(3)31-27(35)24(7-2)32(17-19-10-12-21(28)22(29)15-19)26(34)9-8-14-33(39(5,36)37)20-11-13-25(38-4)23(30)16-20/h10-13,15-16,18,24H,6-9,14,17H2,1-5H3,(H,31,35)/t18-,24-/m1/s1. The van der Waals surface area contributed by atoms with Gasteiger partial charge in [-0.05, 0) is 62.1 Å². The molecule has 0 aromatic heterocycles. The van der Waals surface area contributed by atoms with Gasteiger partial charge in [0.25, 0.3) is 0 Å². The fraction of sp³-hybridized carbons (Fsp3) is 0.481. The summed E-state index contributed by atoms with van der Waals surface area (Å²) in [5, 5.41) is 3.97. The first-order valence-electron chi connectivity index (χ1n) is 12.7. The summed E-state index contributed by atoms with van der Waals surface area (Å²) in [5.41, 5.74) is 1.08. The minimum absolute atomic E-state index is 0.0182. The van der Waals surface area contributed by atoms with E-state index < -0.39 is 16.1 Å². The van der Waals surface area contributed by atoms with E-state index in [-0.39, 0.29) is 48.8 Å². The Morgan fingerprint density at radius 3 is 2.23 bits per heavy atom. The highest BCUT2D eigenvalue weighted by atomic mass is 35.5. The lowest BCUT2D eigenvalue weighted by Crippen LogP contribution is -2.50. The molecular formula is C27H36Cl3N3O5S. The zero-order valence-corrected chi connectivity index (χ0v) is 25.9. The van der Waals surface area contributed by atoms with Crippen molar-refractivity contribution in [2.24, 2.45) is 0 Å². The largest absolute Gasteiger partial charge is 0.495 e. The number of carbonyl (C=O) groups is 2. The van der Waals surface area contributed by atoms with Gasteiger partial charge in [0.2, 0.25) is 21.8 Å². The summed E-state index contributed by atoms with van der Waals surface area (Å²) in [6.45, 7) is 5.90. The molecule has 0 saturated carbocycles. The molecule has 39 heavy (non-hydrogen) atoms. The number of amides is 2. The van der Waals surface area contributed by atoms with Crippen molar-refractivity contribution >= 4 is 62.3 Å². The van der Waals surface area contributed by atoms with Gasteiger partial charge in [0.1, 0.15) is 11.8 Å². The first-order valence-corrected chi connectivity index (χ1v) is 15.7. The van der Waals surface area contributed by atoms with Crippen molar-refractivity contribution in [3.63, 3.8) is 0 Å². The molecule has 0 aliphatic carbocycles. The summed E-state index contributed by atoms with van der Waals surface area (Å²) in [5.74, 6) is -0.109. The summed E-state index contributed by atoms with van der Waals surface area (Å²) >= 11 is 18.5. The van der Waals surface area contributed by atoms with Crippen LogP contribution >= 0.6 is 34.8 Å². The quantitative estimate of drug-likeness (QED) is 0.283. The summed E-state index contributed by atoms with van der Waals surface area (Å²) in [6.07, 6.45) is 2.48. The number of benzene rings is 2. The molecule has 2 atom stereocenters. The lowest BCUT2D eigenvalue weighted by Gasteiger charge is -2.32. The predicted octanol–water partition coefficient (Wildman–Crippen LogP) is 5.92. The number of hydrogen-bond acceptors (Lipinski definition) is 5. The number of sulfonamides is 1. The van der Waals surface area contributed by atoms with Crippen LogP contribution in [0.1, 0.15) is 52.0 Å². The third-order valence-corrected chi connectivity index (χ3v) is 8.53. The summed E-state index contributed by atoms with van der Waals surface area (Å²) in [6, 6.07) is 8.99. The van der Waals surface area contributed by atoms with Crippen LogP contribution in [-0.4, -0.2) is 57.1 Å². The fourth-order valence-corrected chi connectivity index (χ4v) is 5.54. The molecule has 216 valence electrons. The molecule has 2 amide bonds. The van der Waals surface area contributed by atoms with E-state index in [0.29, 0.717) is 27.9 Å². The molecular weight excluding hydrogens is 585 g/mol. The molecule has 2 aromatic rings. The van der Waals surface area contributed by atoms with Gasteiger partial charge in [-0.1, -0.05) is 54.7 Å². The summed E-state index contributed by atoms with van der Waals surface area (Å²) in [4.78, 5) is 28.2. The molecule has 0 saturated heterocycles. The second kappa shape index (κ2) is 15.0. The smallest absolute Gasteiger partial charge is 0.243 e. The second-order valence-electron chi connectivity index (χ2n) is 9.27. The number of hydrogen-bond donors (Lipinski definition) is 1. The number of anilines is 1. The van der Waals surface area contributed by atoms with Crippen molar-refractivity contribution in [1.82, 2.24) is 10.2 Å². The molecule has 0 unspecified atom stereocenters. The Balaban J connectivity index is 2.27. The third kappa shape index (κ3) is 9.45. The van der Waals surface area contributed by atoms with Gasteiger partial charge in [-0.3, -0.25) is 13.9 Å². The van der Waals surface area contributed by atoms with Gasteiger partial charge >= 0.3 is 0 Å². The highest BCUT2D eigenvalue weighted by Crippen LogP contribution is 2.30. The topological polar surface area (TPSA) is 96.0 Å². The zero-order chi connectivity index (χ0) is 29.3. The van der Waals surface area contributed by atoms with Crippen molar-refractivity contribution in [2.75, 3.05) is 24.2 Å². The van der Waals surface area contributed by atoms with Gasteiger partial charge in [-0.25, -0.2) is 8.42 Å². The van der Waals surface area contributed by atoms with Crippen LogP contribution in [0.2, 0.25) is 15.1 Å². The number of carbonyl (C=O) groups excluding carboxylic acids is 2. The maximum atomic E-state index is 13.5. The molecule has 0 aliphatic rings. The van der Waals surface area contributed by atoms with Crippen molar-refractivity contribution in [3.05, 3.63) is 57.0 Å². The maximum Gasteiger partial charge on any atom is 0.243 e. The Bertz CT molecular complexity index is 1260. The van der Waals surface area contributed by atoms with Crippen molar-refractivity contribution in [2.45, 2.75) is 65.1 Å². The van der Waals surface area contributed by atoms with Crippen LogP contribution in [0.25, 0.3) is 0 Å². The van der Waals surface area contributed by atoms with Crippen LogP contribution in [0.4, 0.5) is 5.69 Å². The van der Waals surface area contributed by atoms with Crippen LogP contribution in [0, 0.1) is 0 Å². The number of nitrogens with one attached hydrogen (secondary N) is 1. The van der Waals surface area contributed by atoms with E-state index in [9.17, 15) is 18.0 Å². The summed E-state index contributed by atoms with van der Waals surface area (Å²) < 4.78 is 31.5. The van der Waals surface area contributed by atoms with Crippen LogP contribution in [0.15, 0.2) is 36.4 Å². The molecule has 2 rings (SSSR count). The predicted molar refractivity (Wildman–Crippen MR) is 158 cm³/mol. The van der Waals surface area contributed by atoms with Gasteiger partial charge in [0, 0.05) is 25.6 Å². The minimum Gasteiger partial charge on any atom is -0.495 e. The maximum absolute atomic E-state index is 13.5. The van der Waals surface area contributed by atoms with E-state index in [4.69, 9.17) is 39.5 Å². The van der Waals surface area contributed by atoms with Gasteiger partial charge in [-0.2, -0.15) is 0 Å².